The summed E-state index contributed by atoms with van der Waals surface area (Å²) in [6, 6.07) is 14.8. The molecule has 0 bridgehead atoms. The molecule has 6 heteroatoms. The van der Waals surface area contributed by atoms with Gasteiger partial charge in [0.2, 0.25) is 0 Å². The van der Waals surface area contributed by atoms with E-state index in [0.717, 1.165) is 62.6 Å². The van der Waals surface area contributed by atoms with Gasteiger partial charge in [0, 0.05) is 60.6 Å². The van der Waals surface area contributed by atoms with Gasteiger partial charge in [0.05, 0.1) is 13.2 Å². The average molecular weight is 436 g/mol. The molecular formula is C25H29N3O2S. The quantitative estimate of drug-likeness (QED) is 0.545. The van der Waals surface area contributed by atoms with Gasteiger partial charge in [-0.2, -0.15) is 0 Å². The van der Waals surface area contributed by atoms with Crippen LogP contribution in [0.25, 0.3) is 10.1 Å². The van der Waals surface area contributed by atoms with Crippen LogP contribution >= 0.6 is 11.3 Å². The van der Waals surface area contributed by atoms with Gasteiger partial charge in [-0.15, -0.1) is 11.3 Å². The molecule has 2 aliphatic rings. The minimum atomic E-state index is 0.199. The lowest BCUT2D eigenvalue weighted by molar-refractivity contribution is 0.0922. The minimum absolute atomic E-state index is 0.199. The zero-order valence-electron chi connectivity index (χ0n) is 18.0. The lowest BCUT2D eigenvalue weighted by atomic mass is 9.99. The maximum atomic E-state index is 12.1. The highest BCUT2D eigenvalue weighted by atomic mass is 32.1. The van der Waals surface area contributed by atoms with E-state index in [1.54, 1.807) is 0 Å². The number of likely N-dealkylation sites (N-methyl/N-ethyl adjacent to an activating group) is 1. The molecule has 1 aromatic heterocycles. The molecular weight excluding hydrogens is 406 g/mol. The number of carbonyl (C=O) groups excluding carboxylic acids is 1. The van der Waals surface area contributed by atoms with Gasteiger partial charge in [-0.3, -0.25) is 14.6 Å². The molecule has 0 spiro atoms. The maximum absolute atomic E-state index is 12.1. The normalized spacial score (nSPS) is 17.8. The second kappa shape index (κ2) is 8.99. The number of hydrogen-bond acceptors (Lipinski definition) is 6. The summed E-state index contributed by atoms with van der Waals surface area (Å²) in [5.41, 5.74) is 3.30. The fourth-order valence-corrected chi connectivity index (χ4v) is 5.49. The number of thiophene rings is 1. The molecule has 3 aromatic rings. The van der Waals surface area contributed by atoms with Crippen LogP contribution in [0.2, 0.25) is 0 Å². The number of anilines is 1. The Morgan fingerprint density at radius 3 is 2.77 bits per heavy atom. The summed E-state index contributed by atoms with van der Waals surface area (Å²) >= 11 is 1.82. The SMILES string of the molecule is CN1CC(=O)c2ccc(OCCCN3CCN(c4cccc5sccc45)CC3)cc2C1. The van der Waals surface area contributed by atoms with Crippen molar-refractivity contribution >= 4 is 32.9 Å². The van der Waals surface area contributed by atoms with Crippen molar-refractivity contribution in [1.29, 1.82) is 0 Å². The van der Waals surface area contributed by atoms with Gasteiger partial charge >= 0.3 is 0 Å². The van der Waals surface area contributed by atoms with Crippen LogP contribution in [0, 0.1) is 0 Å². The second-order valence-electron chi connectivity index (χ2n) is 8.55. The highest BCUT2D eigenvalue weighted by Crippen LogP contribution is 2.31. The van der Waals surface area contributed by atoms with Gasteiger partial charge in [0.1, 0.15) is 5.75 Å². The predicted octanol–water partition coefficient (Wildman–Crippen LogP) is 4.12. The molecule has 0 radical (unpaired) electrons. The lowest BCUT2D eigenvalue weighted by Gasteiger charge is -2.36. The van der Waals surface area contributed by atoms with E-state index in [1.807, 2.05) is 41.5 Å². The van der Waals surface area contributed by atoms with Gasteiger partial charge in [-0.1, -0.05) is 6.07 Å². The molecule has 0 N–H and O–H groups in total. The van der Waals surface area contributed by atoms with Crippen LogP contribution < -0.4 is 9.64 Å². The first-order valence-electron chi connectivity index (χ1n) is 11.1. The van der Waals surface area contributed by atoms with Crippen molar-refractivity contribution in [3.63, 3.8) is 0 Å². The van der Waals surface area contributed by atoms with Crippen LogP contribution in [0.4, 0.5) is 5.69 Å². The van der Waals surface area contributed by atoms with Gasteiger partial charge < -0.3 is 9.64 Å². The van der Waals surface area contributed by atoms with Crippen LogP contribution in [0.5, 0.6) is 5.75 Å². The summed E-state index contributed by atoms with van der Waals surface area (Å²) < 4.78 is 7.37. The summed E-state index contributed by atoms with van der Waals surface area (Å²) in [5.74, 6) is 1.07. The Kier molecular flexibility index (Phi) is 5.94. The van der Waals surface area contributed by atoms with Crippen molar-refractivity contribution in [2.45, 2.75) is 13.0 Å². The number of ether oxygens (including phenoxy) is 1. The number of nitrogens with zero attached hydrogens (tertiary/aromatic N) is 3. The van der Waals surface area contributed by atoms with Gasteiger partial charge in [0.15, 0.2) is 5.78 Å². The molecule has 2 aromatic carbocycles. The summed E-state index contributed by atoms with van der Waals surface area (Å²) in [5, 5.41) is 3.57. The molecule has 0 amide bonds. The molecule has 3 heterocycles. The molecule has 0 aliphatic carbocycles. The first kappa shape index (κ1) is 20.5. The number of ketones is 1. The molecule has 5 rings (SSSR count). The van der Waals surface area contributed by atoms with E-state index in [9.17, 15) is 4.79 Å². The Hall–Kier alpha value is -2.41. The molecule has 2 aliphatic heterocycles. The lowest BCUT2D eigenvalue weighted by Crippen LogP contribution is -2.46. The van der Waals surface area contributed by atoms with Crippen molar-refractivity contribution in [2.24, 2.45) is 0 Å². The van der Waals surface area contributed by atoms with Crippen LogP contribution in [0.3, 0.4) is 0 Å². The molecule has 31 heavy (non-hydrogen) atoms. The fourth-order valence-electron chi connectivity index (χ4n) is 4.68. The van der Waals surface area contributed by atoms with Crippen molar-refractivity contribution in [3.05, 3.63) is 59.0 Å². The number of fused-ring (bicyclic) bond motifs is 2. The van der Waals surface area contributed by atoms with E-state index in [-0.39, 0.29) is 5.78 Å². The van der Waals surface area contributed by atoms with Gasteiger partial charge in [-0.05, 0) is 60.8 Å². The summed E-state index contributed by atoms with van der Waals surface area (Å²) in [6.45, 7) is 7.40. The largest absolute Gasteiger partial charge is 0.494 e. The van der Waals surface area contributed by atoms with E-state index in [4.69, 9.17) is 4.74 Å². The summed E-state index contributed by atoms with van der Waals surface area (Å²) in [4.78, 5) is 19.2. The van der Waals surface area contributed by atoms with E-state index in [0.29, 0.717) is 13.2 Å². The topological polar surface area (TPSA) is 36.0 Å². The van der Waals surface area contributed by atoms with Gasteiger partial charge in [-0.25, -0.2) is 0 Å². The van der Waals surface area contributed by atoms with Crippen LogP contribution in [-0.2, 0) is 6.54 Å². The second-order valence-corrected chi connectivity index (χ2v) is 9.50. The number of Topliss-reactive ketones (excluding diaryl/α,β-unsaturated/α-hetero) is 1. The van der Waals surface area contributed by atoms with E-state index in [2.05, 4.69) is 39.4 Å². The number of benzene rings is 2. The first-order valence-corrected chi connectivity index (χ1v) is 12.0. The third-order valence-corrected chi connectivity index (χ3v) is 7.19. The van der Waals surface area contributed by atoms with E-state index < -0.39 is 0 Å². The highest BCUT2D eigenvalue weighted by Gasteiger charge is 2.21. The van der Waals surface area contributed by atoms with Crippen molar-refractivity contribution in [1.82, 2.24) is 9.80 Å². The highest BCUT2D eigenvalue weighted by molar-refractivity contribution is 7.17. The molecule has 0 atom stereocenters. The molecule has 0 unspecified atom stereocenters. The van der Waals surface area contributed by atoms with Crippen LogP contribution in [-0.4, -0.2) is 68.5 Å². The maximum Gasteiger partial charge on any atom is 0.177 e. The smallest absolute Gasteiger partial charge is 0.177 e. The zero-order valence-corrected chi connectivity index (χ0v) is 18.9. The summed E-state index contributed by atoms with van der Waals surface area (Å²) in [6.07, 6.45) is 1.01. The van der Waals surface area contributed by atoms with Crippen molar-refractivity contribution in [2.75, 3.05) is 57.8 Å². The molecule has 162 valence electrons. The Bertz CT molecular complexity index is 1070. The monoisotopic (exact) mass is 435 g/mol. The Morgan fingerprint density at radius 2 is 1.90 bits per heavy atom. The standard InChI is InChI=1S/C25H29N3O2S/c1-26-17-19-16-20(6-7-21(19)24(29)18-26)30-14-3-9-27-10-12-28(13-11-27)23-4-2-5-25-22(23)8-15-31-25/h2,4-8,15-16H,3,9-14,17-18H2,1H3. The third-order valence-electron chi connectivity index (χ3n) is 6.30. The minimum Gasteiger partial charge on any atom is -0.494 e. The van der Waals surface area contributed by atoms with Crippen LogP contribution in [0.15, 0.2) is 47.8 Å². The average Bonchev–Trinajstić information content (AvgIpc) is 3.26. The van der Waals surface area contributed by atoms with Crippen molar-refractivity contribution in [3.8, 4) is 5.75 Å². The number of hydrogen-bond donors (Lipinski definition) is 0. The Morgan fingerprint density at radius 1 is 1.03 bits per heavy atom. The first-order chi connectivity index (χ1) is 15.2. The zero-order chi connectivity index (χ0) is 21.2. The number of piperazine rings is 1. The molecule has 0 saturated carbocycles. The van der Waals surface area contributed by atoms with Crippen LogP contribution in [0.1, 0.15) is 22.3 Å². The molecule has 1 saturated heterocycles. The summed E-state index contributed by atoms with van der Waals surface area (Å²) in [7, 11) is 1.98. The Labute approximate surface area is 187 Å². The Balaban J connectivity index is 1.08. The number of carbonyl (C=O) groups is 1. The molecule has 1 fully saturated rings. The fraction of sp³-hybridized carbons (Fsp3) is 0.400. The molecule has 5 nitrogen and oxygen atoms in total. The number of rotatable bonds is 6. The van der Waals surface area contributed by atoms with Crippen molar-refractivity contribution < 1.29 is 9.53 Å². The van der Waals surface area contributed by atoms with E-state index in [1.165, 1.54) is 15.8 Å². The predicted molar refractivity (Wildman–Crippen MR) is 128 cm³/mol. The van der Waals surface area contributed by atoms with E-state index >= 15 is 0 Å². The third kappa shape index (κ3) is 4.47. The van der Waals surface area contributed by atoms with Gasteiger partial charge in [0.25, 0.3) is 0 Å².